The Bertz CT molecular complexity index is 426. The van der Waals surface area contributed by atoms with Crippen LogP contribution in [0.4, 0.5) is 0 Å². The highest BCUT2D eigenvalue weighted by Gasteiger charge is 2.21. The second kappa shape index (κ2) is 6.01. The fourth-order valence-electron chi connectivity index (χ4n) is 2.57. The molecule has 1 N–H and O–H groups in total. The molecule has 1 atom stereocenters. The maximum atomic E-state index is 11.4. The third-order valence-electron chi connectivity index (χ3n) is 3.59. The van der Waals surface area contributed by atoms with Crippen LogP contribution in [0.3, 0.4) is 0 Å². The number of hydrogen-bond acceptors (Lipinski definition) is 3. The summed E-state index contributed by atoms with van der Waals surface area (Å²) in [6.45, 7) is 2.06. The molecule has 1 aromatic rings. The molecule has 98 valence electrons. The number of rotatable bonds is 4. The third-order valence-corrected chi connectivity index (χ3v) is 3.59. The van der Waals surface area contributed by atoms with E-state index in [1.54, 1.807) is 6.92 Å². The molecule has 1 unspecified atom stereocenters. The number of benzene rings is 1. The summed E-state index contributed by atoms with van der Waals surface area (Å²) >= 11 is 0. The van der Waals surface area contributed by atoms with Gasteiger partial charge >= 0.3 is 5.97 Å². The van der Waals surface area contributed by atoms with Crippen LogP contribution in [0.25, 0.3) is 0 Å². The van der Waals surface area contributed by atoms with Crippen molar-refractivity contribution in [3.63, 3.8) is 0 Å². The molecule has 0 saturated heterocycles. The topological polar surface area (TPSA) is 46.5 Å². The summed E-state index contributed by atoms with van der Waals surface area (Å²) in [6.07, 6.45) is 4.24. The minimum atomic E-state index is -0.180. The van der Waals surface area contributed by atoms with Crippen LogP contribution in [0.2, 0.25) is 0 Å². The molecule has 1 aromatic carbocycles. The van der Waals surface area contributed by atoms with Crippen molar-refractivity contribution >= 4 is 5.97 Å². The summed E-state index contributed by atoms with van der Waals surface area (Å²) in [7, 11) is 0. The Hall–Kier alpha value is -1.35. The number of carbonyl (C=O) groups is 1. The van der Waals surface area contributed by atoms with E-state index >= 15 is 0 Å². The smallest absolute Gasteiger partial charge is 0.310 e. The molecule has 0 aliphatic heterocycles. The van der Waals surface area contributed by atoms with Gasteiger partial charge < -0.3 is 9.84 Å². The van der Waals surface area contributed by atoms with Crippen LogP contribution in [0.1, 0.15) is 37.3 Å². The molecule has 2 rings (SSSR count). The van der Waals surface area contributed by atoms with E-state index in [0.29, 0.717) is 12.3 Å². The number of carbonyl (C=O) groups excluding carboxylic acids is 1. The molecule has 0 radical (unpaired) electrons. The molecular formula is C15H20O3. The van der Waals surface area contributed by atoms with E-state index in [4.69, 9.17) is 9.84 Å². The molecule has 0 amide bonds. The van der Waals surface area contributed by atoms with Crippen LogP contribution in [0.15, 0.2) is 18.2 Å². The molecule has 18 heavy (non-hydrogen) atoms. The van der Waals surface area contributed by atoms with E-state index in [1.165, 1.54) is 11.1 Å². The van der Waals surface area contributed by atoms with Gasteiger partial charge in [0.05, 0.1) is 0 Å². The lowest BCUT2D eigenvalue weighted by molar-refractivity contribution is -0.134. The van der Waals surface area contributed by atoms with Gasteiger partial charge in [-0.3, -0.25) is 4.79 Å². The second-order valence-corrected chi connectivity index (χ2v) is 4.84. The van der Waals surface area contributed by atoms with Crippen molar-refractivity contribution in [3.05, 3.63) is 29.3 Å². The summed E-state index contributed by atoms with van der Waals surface area (Å²) in [4.78, 5) is 11.4. The van der Waals surface area contributed by atoms with Gasteiger partial charge in [-0.05, 0) is 48.8 Å². The van der Waals surface area contributed by atoms with Gasteiger partial charge in [0.2, 0.25) is 0 Å². The average molecular weight is 248 g/mol. The summed E-state index contributed by atoms with van der Waals surface area (Å²) in [5, 5.41) is 9.00. The van der Waals surface area contributed by atoms with Crippen LogP contribution in [-0.4, -0.2) is 17.7 Å². The highest BCUT2D eigenvalue weighted by Crippen LogP contribution is 2.33. The average Bonchev–Trinajstić information content (AvgIpc) is 2.39. The lowest BCUT2D eigenvalue weighted by Gasteiger charge is -2.25. The minimum absolute atomic E-state index is 0.180. The lowest BCUT2D eigenvalue weighted by Crippen LogP contribution is -2.17. The maximum Gasteiger partial charge on any atom is 0.310 e. The first-order valence-corrected chi connectivity index (χ1v) is 6.67. The van der Waals surface area contributed by atoms with Crippen molar-refractivity contribution < 1.29 is 14.6 Å². The van der Waals surface area contributed by atoms with Gasteiger partial charge in [0.25, 0.3) is 0 Å². The zero-order valence-corrected chi connectivity index (χ0v) is 10.8. The molecule has 0 spiro atoms. The largest absolute Gasteiger partial charge is 0.426 e. The van der Waals surface area contributed by atoms with Crippen LogP contribution >= 0.6 is 0 Å². The van der Waals surface area contributed by atoms with E-state index in [-0.39, 0.29) is 12.6 Å². The van der Waals surface area contributed by atoms with E-state index in [2.05, 4.69) is 6.07 Å². The molecule has 1 aliphatic rings. The number of aliphatic hydroxyl groups is 1. The molecule has 0 heterocycles. The van der Waals surface area contributed by atoms with Crippen molar-refractivity contribution in [1.29, 1.82) is 0 Å². The summed E-state index contributed by atoms with van der Waals surface area (Å²) in [5.41, 5.74) is 2.44. The quantitative estimate of drug-likeness (QED) is 0.657. The zero-order chi connectivity index (χ0) is 13.0. The fourth-order valence-corrected chi connectivity index (χ4v) is 2.57. The van der Waals surface area contributed by atoms with Crippen LogP contribution in [0, 0.1) is 5.92 Å². The summed E-state index contributed by atoms with van der Waals surface area (Å²) < 4.78 is 5.37. The number of hydrogen-bond donors (Lipinski definition) is 1. The van der Waals surface area contributed by atoms with Gasteiger partial charge in [-0.15, -0.1) is 0 Å². The van der Waals surface area contributed by atoms with Gasteiger partial charge in [0, 0.05) is 13.0 Å². The monoisotopic (exact) mass is 248 g/mol. The van der Waals surface area contributed by atoms with Gasteiger partial charge in [0.15, 0.2) is 0 Å². The SMILES string of the molecule is CCC(=O)Oc1cccc2c1CCC(CCO)C2. The van der Waals surface area contributed by atoms with Gasteiger partial charge in [0.1, 0.15) is 5.75 Å². The predicted octanol–water partition coefficient (Wildman–Crippen LogP) is 2.49. The molecule has 0 saturated carbocycles. The molecule has 1 aliphatic carbocycles. The standard InChI is InChI=1S/C15H20O3/c1-2-15(17)18-14-5-3-4-12-10-11(8-9-16)6-7-13(12)14/h3-5,11,16H,2,6-10H2,1H3. The van der Waals surface area contributed by atoms with E-state index in [9.17, 15) is 4.79 Å². The second-order valence-electron chi connectivity index (χ2n) is 4.84. The number of esters is 1. The number of fused-ring (bicyclic) bond motifs is 1. The highest BCUT2D eigenvalue weighted by atomic mass is 16.5. The van der Waals surface area contributed by atoms with Crippen molar-refractivity contribution in [2.24, 2.45) is 5.92 Å². The molecule has 0 bridgehead atoms. The van der Waals surface area contributed by atoms with Crippen molar-refractivity contribution in [1.82, 2.24) is 0 Å². The van der Waals surface area contributed by atoms with E-state index in [1.807, 2.05) is 12.1 Å². The van der Waals surface area contributed by atoms with Gasteiger partial charge in [-0.25, -0.2) is 0 Å². The Kier molecular flexibility index (Phi) is 4.37. The first-order valence-electron chi connectivity index (χ1n) is 6.67. The maximum absolute atomic E-state index is 11.4. The van der Waals surface area contributed by atoms with Crippen molar-refractivity contribution in [3.8, 4) is 5.75 Å². The molecule has 3 heteroatoms. The normalized spacial score (nSPS) is 18.2. The first kappa shape index (κ1) is 13.1. The van der Waals surface area contributed by atoms with Crippen LogP contribution < -0.4 is 4.74 Å². The predicted molar refractivity (Wildman–Crippen MR) is 69.6 cm³/mol. The van der Waals surface area contributed by atoms with Crippen LogP contribution in [0.5, 0.6) is 5.75 Å². The fraction of sp³-hybridized carbons (Fsp3) is 0.533. The third kappa shape index (κ3) is 2.91. The Labute approximate surface area is 108 Å². The highest BCUT2D eigenvalue weighted by molar-refractivity contribution is 5.72. The summed E-state index contributed by atoms with van der Waals surface area (Å²) in [5.74, 6) is 1.10. The zero-order valence-electron chi connectivity index (χ0n) is 10.8. The lowest BCUT2D eigenvalue weighted by atomic mass is 9.82. The Morgan fingerprint density at radius 3 is 3.06 bits per heavy atom. The van der Waals surface area contributed by atoms with E-state index < -0.39 is 0 Å². The molecule has 0 fully saturated rings. The molecular weight excluding hydrogens is 228 g/mol. The first-order chi connectivity index (χ1) is 8.74. The van der Waals surface area contributed by atoms with Gasteiger partial charge in [-0.1, -0.05) is 19.1 Å². The molecule has 3 nitrogen and oxygen atoms in total. The van der Waals surface area contributed by atoms with Crippen molar-refractivity contribution in [2.45, 2.75) is 39.0 Å². The summed E-state index contributed by atoms with van der Waals surface area (Å²) in [6, 6.07) is 5.92. The minimum Gasteiger partial charge on any atom is -0.426 e. The van der Waals surface area contributed by atoms with Crippen molar-refractivity contribution in [2.75, 3.05) is 6.61 Å². The number of aliphatic hydroxyl groups excluding tert-OH is 1. The Morgan fingerprint density at radius 1 is 1.50 bits per heavy atom. The van der Waals surface area contributed by atoms with Crippen LogP contribution in [-0.2, 0) is 17.6 Å². The Morgan fingerprint density at radius 2 is 2.33 bits per heavy atom. The molecule has 0 aromatic heterocycles. The van der Waals surface area contributed by atoms with Gasteiger partial charge in [-0.2, -0.15) is 0 Å². The van der Waals surface area contributed by atoms with E-state index in [0.717, 1.165) is 31.4 Å². The Balaban J connectivity index is 2.16. The number of ether oxygens (including phenoxy) is 1.